The average Bonchev–Trinajstić information content (AvgIpc) is 3.13. The minimum absolute atomic E-state index is 0. The fourth-order valence-electron chi connectivity index (χ4n) is 3.47. The van der Waals surface area contributed by atoms with Crippen LogP contribution >= 0.6 is 24.0 Å². The first-order valence-corrected chi connectivity index (χ1v) is 9.16. The lowest BCUT2D eigenvalue weighted by molar-refractivity contribution is -0.132. The van der Waals surface area contributed by atoms with Crippen molar-refractivity contribution in [2.45, 2.75) is 19.3 Å². The van der Waals surface area contributed by atoms with E-state index in [-0.39, 0.29) is 28.9 Å². The highest BCUT2D eigenvalue weighted by molar-refractivity contribution is 6.33. The van der Waals surface area contributed by atoms with Crippen LogP contribution in [0.3, 0.4) is 0 Å². The van der Waals surface area contributed by atoms with E-state index in [1.54, 1.807) is 9.80 Å². The molecule has 2 amide bonds. The zero-order chi connectivity index (χ0) is 17.8. The molecular weight excluding hydrogens is 380 g/mol. The lowest BCUT2D eigenvalue weighted by Crippen LogP contribution is -2.50. The number of carbonyl (C=O) groups excluding carboxylic acids is 2. The van der Waals surface area contributed by atoms with Gasteiger partial charge in [0.05, 0.1) is 10.6 Å². The zero-order valence-corrected chi connectivity index (χ0v) is 16.1. The van der Waals surface area contributed by atoms with E-state index in [0.29, 0.717) is 38.5 Å². The molecular formula is C18H24Cl2FN3O2. The molecule has 1 atom stereocenters. The van der Waals surface area contributed by atoms with Crippen LogP contribution in [0, 0.1) is 11.7 Å². The Labute approximate surface area is 164 Å². The van der Waals surface area contributed by atoms with E-state index in [1.807, 2.05) is 0 Å². The SMILES string of the molecule is Cl.O=C(CCC1CCNC1)N1CCN(C(=O)c2c(F)cccc2Cl)CC1. The number of rotatable bonds is 4. The molecule has 1 N–H and O–H groups in total. The molecule has 0 bridgehead atoms. The predicted molar refractivity (Wildman–Crippen MR) is 101 cm³/mol. The van der Waals surface area contributed by atoms with E-state index < -0.39 is 11.7 Å². The van der Waals surface area contributed by atoms with Crippen LogP contribution in [0.1, 0.15) is 29.6 Å². The standard InChI is InChI=1S/C18H23ClFN3O2.ClH/c19-14-2-1-3-15(20)17(14)18(25)23-10-8-22(9-11-23)16(24)5-4-13-6-7-21-12-13;/h1-3,13,21H,4-12H2;1H. The monoisotopic (exact) mass is 403 g/mol. The summed E-state index contributed by atoms with van der Waals surface area (Å²) in [5, 5.41) is 3.43. The molecule has 3 rings (SSSR count). The van der Waals surface area contributed by atoms with Gasteiger partial charge < -0.3 is 15.1 Å². The molecule has 1 aromatic rings. The zero-order valence-electron chi connectivity index (χ0n) is 14.5. The van der Waals surface area contributed by atoms with E-state index in [9.17, 15) is 14.0 Å². The quantitative estimate of drug-likeness (QED) is 0.840. The summed E-state index contributed by atoms with van der Waals surface area (Å²) < 4.78 is 13.9. The number of halogens is 3. The molecule has 0 saturated carbocycles. The fourth-order valence-corrected chi connectivity index (χ4v) is 3.71. The largest absolute Gasteiger partial charge is 0.339 e. The van der Waals surface area contributed by atoms with Crippen molar-refractivity contribution in [1.82, 2.24) is 15.1 Å². The van der Waals surface area contributed by atoms with Gasteiger partial charge in [0.25, 0.3) is 5.91 Å². The Morgan fingerprint density at radius 2 is 1.88 bits per heavy atom. The number of carbonyl (C=O) groups is 2. The minimum atomic E-state index is -0.610. The molecule has 8 heteroatoms. The topological polar surface area (TPSA) is 52.7 Å². The van der Waals surface area contributed by atoms with E-state index in [1.165, 1.54) is 18.2 Å². The molecule has 144 valence electrons. The first kappa shape index (κ1) is 20.9. The summed E-state index contributed by atoms with van der Waals surface area (Å²) in [4.78, 5) is 28.2. The Balaban J connectivity index is 0.00000243. The van der Waals surface area contributed by atoms with E-state index in [2.05, 4.69) is 5.32 Å². The highest BCUT2D eigenvalue weighted by Gasteiger charge is 2.28. The van der Waals surface area contributed by atoms with Gasteiger partial charge in [0.2, 0.25) is 5.91 Å². The minimum Gasteiger partial charge on any atom is -0.339 e. The van der Waals surface area contributed by atoms with Gasteiger partial charge in [-0.2, -0.15) is 0 Å². The summed E-state index contributed by atoms with van der Waals surface area (Å²) in [7, 11) is 0. The molecule has 2 fully saturated rings. The summed E-state index contributed by atoms with van der Waals surface area (Å²) in [6.07, 6.45) is 2.61. The molecule has 2 heterocycles. The first-order valence-electron chi connectivity index (χ1n) is 8.78. The van der Waals surface area contributed by atoms with Crippen molar-refractivity contribution < 1.29 is 14.0 Å². The maximum absolute atomic E-state index is 13.9. The van der Waals surface area contributed by atoms with Crippen molar-refractivity contribution >= 4 is 35.8 Å². The number of hydrogen-bond donors (Lipinski definition) is 1. The van der Waals surface area contributed by atoms with E-state index in [4.69, 9.17) is 11.6 Å². The van der Waals surface area contributed by atoms with Gasteiger partial charge in [-0.3, -0.25) is 9.59 Å². The fraction of sp³-hybridized carbons (Fsp3) is 0.556. The summed E-state index contributed by atoms with van der Waals surface area (Å²) in [5.74, 6) is -0.286. The third kappa shape index (κ3) is 4.87. The van der Waals surface area contributed by atoms with E-state index >= 15 is 0 Å². The smallest absolute Gasteiger partial charge is 0.258 e. The van der Waals surface area contributed by atoms with Crippen LogP contribution in [0.15, 0.2) is 18.2 Å². The Kier molecular flexibility index (Phi) is 7.68. The van der Waals surface area contributed by atoms with Crippen molar-refractivity contribution in [3.05, 3.63) is 34.6 Å². The third-order valence-corrected chi connectivity index (χ3v) is 5.34. The predicted octanol–water partition coefficient (Wildman–Crippen LogP) is 2.58. The Hall–Kier alpha value is -1.37. The van der Waals surface area contributed by atoms with Crippen molar-refractivity contribution in [2.75, 3.05) is 39.3 Å². The van der Waals surface area contributed by atoms with Crippen LogP contribution in [0.2, 0.25) is 5.02 Å². The second-order valence-electron chi connectivity index (χ2n) is 6.67. The van der Waals surface area contributed by atoms with Gasteiger partial charge in [0.1, 0.15) is 5.82 Å². The Bertz CT molecular complexity index is 625. The van der Waals surface area contributed by atoms with Gasteiger partial charge in [-0.05, 0) is 44.0 Å². The second kappa shape index (κ2) is 9.53. The average molecular weight is 404 g/mol. The van der Waals surface area contributed by atoms with Gasteiger partial charge >= 0.3 is 0 Å². The van der Waals surface area contributed by atoms with Crippen molar-refractivity contribution in [3.8, 4) is 0 Å². The number of hydrogen-bond acceptors (Lipinski definition) is 3. The van der Waals surface area contributed by atoms with E-state index in [0.717, 1.165) is 25.9 Å². The summed E-state index contributed by atoms with van der Waals surface area (Å²) >= 11 is 5.97. The molecule has 2 aliphatic heterocycles. The summed E-state index contributed by atoms with van der Waals surface area (Å²) in [5.41, 5.74) is -0.0855. The number of amides is 2. The molecule has 26 heavy (non-hydrogen) atoms. The molecule has 0 aliphatic carbocycles. The molecule has 1 aromatic carbocycles. The molecule has 2 saturated heterocycles. The molecule has 0 aromatic heterocycles. The van der Waals surface area contributed by atoms with Gasteiger partial charge in [0, 0.05) is 32.6 Å². The first-order chi connectivity index (χ1) is 12.1. The third-order valence-electron chi connectivity index (χ3n) is 5.03. The molecule has 1 unspecified atom stereocenters. The van der Waals surface area contributed by atoms with Crippen LogP contribution in [0.5, 0.6) is 0 Å². The van der Waals surface area contributed by atoms with Crippen LogP contribution in [0.4, 0.5) is 4.39 Å². The normalized spacial score (nSPS) is 20.0. The summed E-state index contributed by atoms with van der Waals surface area (Å²) in [6.45, 7) is 3.82. The maximum Gasteiger partial charge on any atom is 0.258 e. The van der Waals surface area contributed by atoms with Gasteiger partial charge in [-0.25, -0.2) is 4.39 Å². The van der Waals surface area contributed by atoms with Crippen LogP contribution in [-0.4, -0.2) is 60.9 Å². The lowest BCUT2D eigenvalue weighted by Gasteiger charge is -2.35. The number of nitrogens with zero attached hydrogens (tertiary/aromatic N) is 2. The molecule has 0 spiro atoms. The molecule has 2 aliphatic rings. The second-order valence-corrected chi connectivity index (χ2v) is 7.07. The Morgan fingerprint density at radius 3 is 2.50 bits per heavy atom. The maximum atomic E-state index is 13.9. The van der Waals surface area contributed by atoms with Crippen molar-refractivity contribution in [3.63, 3.8) is 0 Å². The van der Waals surface area contributed by atoms with Crippen LogP contribution < -0.4 is 5.32 Å². The van der Waals surface area contributed by atoms with Crippen molar-refractivity contribution in [1.29, 1.82) is 0 Å². The molecule has 5 nitrogen and oxygen atoms in total. The molecule has 0 radical (unpaired) electrons. The number of nitrogens with one attached hydrogen (secondary N) is 1. The van der Waals surface area contributed by atoms with Crippen LogP contribution in [-0.2, 0) is 4.79 Å². The highest BCUT2D eigenvalue weighted by Crippen LogP contribution is 2.22. The van der Waals surface area contributed by atoms with Crippen LogP contribution in [0.25, 0.3) is 0 Å². The lowest BCUT2D eigenvalue weighted by atomic mass is 10.0. The number of benzene rings is 1. The number of piperazine rings is 1. The van der Waals surface area contributed by atoms with Gasteiger partial charge in [-0.1, -0.05) is 17.7 Å². The summed E-state index contributed by atoms with van der Waals surface area (Å²) in [6, 6.07) is 4.22. The van der Waals surface area contributed by atoms with Crippen molar-refractivity contribution in [2.24, 2.45) is 5.92 Å². The Morgan fingerprint density at radius 1 is 1.19 bits per heavy atom. The van der Waals surface area contributed by atoms with Gasteiger partial charge in [0.15, 0.2) is 0 Å². The van der Waals surface area contributed by atoms with Gasteiger partial charge in [-0.15, -0.1) is 12.4 Å². The highest BCUT2D eigenvalue weighted by atomic mass is 35.5.